The molecular formula is C21H31FO2. The van der Waals surface area contributed by atoms with Crippen LogP contribution in [-0.4, -0.2) is 12.4 Å². The number of halogens is 1. The summed E-state index contributed by atoms with van der Waals surface area (Å²) in [5, 5.41) is 0. The van der Waals surface area contributed by atoms with Crippen LogP contribution in [0, 0.1) is 18.8 Å². The number of Topliss-reactive ketones (excluding diaryl/α,β-unsaturated/α-hetero) is 1. The lowest BCUT2D eigenvalue weighted by atomic mass is 9.77. The van der Waals surface area contributed by atoms with E-state index in [1.165, 1.54) is 25.7 Å². The van der Waals surface area contributed by atoms with E-state index in [2.05, 4.69) is 6.92 Å². The Morgan fingerprint density at radius 2 is 1.83 bits per heavy atom. The summed E-state index contributed by atoms with van der Waals surface area (Å²) in [6.45, 7) is 5.87. The molecular weight excluding hydrogens is 303 g/mol. The summed E-state index contributed by atoms with van der Waals surface area (Å²) in [5.41, 5.74) is 1.93. The number of ketones is 1. The summed E-state index contributed by atoms with van der Waals surface area (Å²) in [4.78, 5) is 12.7. The van der Waals surface area contributed by atoms with Crippen LogP contribution in [0.25, 0.3) is 0 Å². The Balaban J connectivity index is 2.02. The minimum atomic E-state index is -0.593. The fourth-order valence-corrected chi connectivity index (χ4v) is 4.00. The third-order valence-corrected chi connectivity index (χ3v) is 5.43. The van der Waals surface area contributed by atoms with Gasteiger partial charge in [-0.15, -0.1) is 0 Å². The van der Waals surface area contributed by atoms with Crippen molar-refractivity contribution in [3.8, 4) is 5.75 Å². The van der Waals surface area contributed by atoms with Crippen LogP contribution in [0.4, 0.5) is 4.39 Å². The molecule has 0 bridgehead atoms. The van der Waals surface area contributed by atoms with E-state index in [1.54, 1.807) is 6.07 Å². The van der Waals surface area contributed by atoms with Gasteiger partial charge in [0.15, 0.2) is 5.78 Å². The van der Waals surface area contributed by atoms with Crippen LogP contribution in [0.2, 0.25) is 0 Å². The Kier molecular flexibility index (Phi) is 7.26. The van der Waals surface area contributed by atoms with Gasteiger partial charge in [0.25, 0.3) is 0 Å². The predicted molar refractivity (Wildman–Crippen MR) is 96.5 cm³/mol. The van der Waals surface area contributed by atoms with Gasteiger partial charge in [-0.1, -0.05) is 32.6 Å². The monoisotopic (exact) mass is 334 g/mol. The normalized spacial score (nSPS) is 20.8. The zero-order valence-corrected chi connectivity index (χ0v) is 15.4. The van der Waals surface area contributed by atoms with Gasteiger partial charge in [0.2, 0.25) is 0 Å². The first-order chi connectivity index (χ1) is 11.6. The fourth-order valence-electron chi connectivity index (χ4n) is 4.00. The zero-order valence-electron chi connectivity index (χ0n) is 15.4. The van der Waals surface area contributed by atoms with Gasteiger partial charge in [0.05, 0.1) is 6.61 Å². The molecule has 1 aliphatic carbocycles. The Bertz CT molecular complexity index is 545. The van der Waals surface area contributed by atoms with Crippen molar-refractivity contribution >= 4 is 5.78 Å². The summed E-state index contributed by atoms with van der Waals surface area (Å²) in [6.07, 6.45) is 7.99. The molecule has 3 heteroatoms. The van der Waals surface area contributed by atoms with Crippen LogP contribution in [0.5, 0.6) is 5.75 Å². The molecule has 0 heterocycles. The van der Waals surface area contributed by atoms with Gasteiger partial charge in [-0.05, 0) is 56.2 Å². The highest BCUT2D eigenvalue weighted by Crippen LogP contribution is 2.35. The summed E-state index contributed by atoms with van der Waals surface area (Å²) >= 11 is 0. The first-order valence-electron chi connectivity index (χ1n) is 9.45. The van der Waals surface area contributed by atoms with Crippen molar-refractivity contribution in [2.24, 2.45) is 11.8 Å². The van der Waals surface area contributed by atoms with E-state index >= 15 is 0 Å². The van der Waals surface area contributed by atoms with Gasteiger partial charge in [0.1, 0.15) is 12.4 Å². The smallest absolute Gasteiger partial charge is 0.163 e. The molecule has 0 aliphatic heterocycles. The van der Waals surface area contributed by atoms with Gasteiger partial charge in [0, 0.05) is 17.5 Å². The Morgan fingerprint density at radius 1 is 1.17 bits per heavy atom. The van der Waals surface area contributed by atoms with E-state index in [1.807, 2.05) is 19.9 Å². The average molecular weight is 334 g/mol. The van der Waals surface area contributed by atoms with Crippen molar-refractivity contribution in [2.45, 2.75) is 72.4 Å². The van der Waals surface area contributed by atoms with E-state index in [-0.39, 0.29) is 5.78 Å². The molecule has 1 saturated carbocycles. The predicted octanol–water partition coefficient (Wildman–Crippen LogP) is 6.04. The van der Waals surface area contributed by atoms with Crippen molar-refractivity contribution in [1.29, 1.82) is 0 Å². The second-order valence-electron chi connectivity index (χ2n) is 7.08. The Labute approximate surface area is 145 Å². The quantitative estimate of drug-likeness (QED) is 0.542. The van der Waals surface area contributed by atoms with Crippen molar-refractivity contribution in [1.82, 2.24) is 0 Å². The van der Waals surface area contributed by atoms with Crippen molar-refractivity contribution in [2.75, 3.05) is 6.61 Å². The zero-order chi connectivity index (χ0) is 17.5. The van der Waals surface area contributed by atoms with Gasteiger partial charge >= 0.3 is 0 Å². The molecule has 1 aromatic rings. The van der Waals surface area contributed by atoms with E-state index in [0.717, 1.165) is 24.3 Å². The number of alkyl halides is 1. The van der Waals surface area contributed by atoms with Crippen molar-refractivity contribution in [3.63, 3.8) is 0 Å². The van der Waals surface area contributed by atoms with E-state index < -0.39 is 6.67 Å². The van der Waals surface area contributed by atoms with Gasteiger partial charge < -0.3 is 4.74 Å². The first kappa shape index (κ1) is 19.0. The number of benzene rings is 1. The molecule has 2 nitrogen and oxygen atoms in total. The topological polar surface area (TPSA) is 26.3 Å². The number of carbonyl (C=O) groups excluding carboxylic acids is 1. The standard InChI is InChI=1S/C21H31FO2/c1-4-6-16-7-9-17(10-8-16)13-20(23)18-11-12-21(24-5-2)19(14-22)15(18)3/h11-12,16-17H,4-10,13-14H2,1-3H3. The molecule has 0 saturated heterocycles. The molecule has 0 amide bonds. The molecule has 0 unspecified atom stereocenters. The second kappa shape index (κ2) is 9.19. The van der Waals surface area contributed by atoms with E-state index in [0.29, 0.717) is 35.8 Å². The first-order valence-corrected chi connectivity index (χ1v) is 9.45. The molecule has 0 N–H and O–H groups in total. The van der Waals surface area contributed by atoms with Crippen LogP contribution in [0.1, 0.15) is 80.3 Å². The maximum absolute atomic E-state index is 13.4. The second-order valence-corrected chi connectivity index (χ2v) is 7.08. The Hall–Kier alpha value is -1.38. The molecule has 134 valence electrons. The molecule has 1 fully saturated rings. The largest absolute Gasteiger partial charge is 0.493 e. The van der Waals surface area contributed by atoms with Crippen molar-refractivity contribution in [3.05, 3.63) is 28.8 Å². The summed E-state index contributed by atoms with van der Waals surface area (Å²) < 4.78 is 18.9. The number of rotatable bonds is 8. The molecule has 0 aromatic heterocycles. The number of ether oxygens (including phenoxy) is 1. The Morgan fingerprint density at radius 3 is 2.42 bits per heavy atom. The lowest BCUT2D eigenvalue weighted by Gasteiger charge is -2.28. The molecule has 1 aromatic carbocycles. The third kappa shape index (κ3) is 4.58. The van der Waals surface area contributed by atoms with Crippen LogP contribution in [-0.2, 0) is 6.67 Å². The minimum Gasteiger partial charge on any atom is -0.493 e. The summed E-state index contributed by atoms with van der Waals surface area (Å²) in [5.74, 6) is 2.07. The number of hydrogen-bond acceptors (Lipinski definition) is 2. The summed E-state index contributed by atoms with van der Waals surface area (Å²) in [7, 11) is 0. The lowest BCUT2D eigenvalue weighted by Crippen LogP contribution is -2.18. The highest BCUT2D eigenvalue weighted by atomic mass is 19.1. The summed E-state index contributed by atoms with van der Waals surface area (Å²) in [6, 6.07) is 3.56. The van der Waals surface area contributed by atoms with Crippen LogP contribution < -0.4 is 4.74 Å². The number of carbonyl (C=O) groups is 1. The van der Waals surface area contributed by atoms with Gasteiger partial charge in [-0.2, -0.15) is 0 Å². The fraction of sp³-hybridized carbons (Fsp3) is 0.667. The molecule has 0 spiro atoms. The SMILES string of the molecule is CCCC1CCC(CC(=O)c2ccc(OCC)c(CF)c2C)CC1. The van der Waals surface area contributed by atoms with Crippen molar-refractivity contribution < 1.29 is 13.9 Å². The third-order valence-electron chi connectivity index (χ3n) is 5.43. The molecule has 2 rings (SSSR count). The maximum atomic E-state index is 13.4. The molecule has 0 radical (unpaired) electrons. The van der Waals surface area contributed by atoms with E-state index in [9.17, 15) is 9.18 Å². The average Bonchev–Trinajstić information content (AvgIpc) is 2.57. The van der Waals surface area contributed by atoms with Gasteiger partial charge in [-0.3, -0.25) is 4.79 Å². The molecule has 1 aliphatic rings. The van der Waals surface area contributed by atoms with E-state index in [4.69, 9.17) is 4.74 Å². The minimum absolute atomic E-state index is 0.157. The highest BCUT2D eigenvalue weighted by Gasteiger charge is 2.24. The number of hydrogen-bond donors (Lipinski definition) is 0. The highest BCUT2D eigenvalue weighted by molar-refractivity contribution is 5.98. The van der Waals surface area contributed by atoms with Gasteiger partial charge in [-0.25, -0.2) is 4.39 Å². The van der Waals surface area contributed by atoms with Crippen LogP contribution >= 0.6 is 0 Å². The molecule has 0 atom stereocenters. The molecule has 24 heavy (non-hydrogen) atoms. The van der Waals surface area contributed by atoms with Crippen LogP contribution in [0.3, 0.4) is 0 Å². The maximum Gasteiger partial charge on any atom is 0.163 e. The van der Waals surface area contributed by atoms with Crippen LogP contribution in [0.15, 0.2) is 12.1 Å². The lowest BCUT2D eigenvalue weighted by molar-refractivity contribution is 0.0941.